The molecule has 1 heteroatoms. The first kappa shape index (κ1) is 8.67. The maximum atomic E-state index is 3.93. The van der Waals surface area contributed by atoms with Crippen LogP contribution in [0.25, 0.3) is 0 Å². The fourth-order valence-corrected chi connectivity index (χ4v) is 0.824. The smallest absolute Gasteiger partial charge is 0.0466 e. The third-order valence-corrected chi connectivity index (χ3v) is 1.75. The maximum Gasteiger partial charge on any atom is 0.0466 e. The van der Waals surface area contributed by atoms with Gasteiger partial charge >= 0.3 is 0 Å². The highest BCUT2D eigenvalue weighted by Crippen LogP contribution is 2.10. The summed E-state index contributed by atoms with van der Waals surface area (Å²) in [5, 5.41) is 0. The van der Waals surface area contributed by atoms with E-state index >= 15 is 0 Å². The normalized spacial score (nSPS) is 16.8. The van der Waals surface area contributed by atoms with Crippen LogP contribution in [0.1, 0.15) is 33.6 Å². The van der Waals surface area contributed by atoms with E-state index in [0.717, 1.165) is 5.92 Å². The van der Waals surface area contributed by atoms with Crippen LogP contribution in [0.2, 0.25) is 0 Å². The lowest BCUT2D eigenvalue weighted by atomic mass is 10.0. The molecule has 2 atom stereocenters. The van der Waals surface area contributed by atoms with Gasteiger partial charge in [-0.25, -0.2) is 0 Å². The van der Waals surface area contributed by atoms with E-state index in [4.69, 9.17) is 0 Å². The van der Waals surface area contributed by atoms with Crippen molar-refractivity contribution in [3.8, 4) is 0 Å². The Morgan fingerprint density at radius 1 is 1.44 bits per heavy atom. The number of rotatable bonds is 4. The first-order chi connectivity index (χ1) is 4.20. The fraction of sp³-hybridized carbons (Fsp3) is 0.875. The zero-order valence-electron chi connectivity index (χ0n) is 6.72. The second kappa shape index (κ2) is 4.54. The van der Waals surface area contributed by atoms with Crippen LogP contribution in [0.5, 0.6) is 0 Å². The van der Waals surface area contributed by atoms with E-state index in [9.17, 15) is 0 Å². The molecule has 0 aromatic heterocycles. The second-order valence-electron chi connectivity index (χ2n) is 2.78. The summed E-state index contributed by atoms with van der Waals surface area (Å²) in [5.41, 5.74) is 0. The van der Waals surface area contributed by atoms with Crippen molar-refractivity contribution in [2.45, 2.75) is 39.7 Å². The molecule has 0 aromatic carbocycles. The average molecular weight is 127 g/mol. The van der Waals surface area contributed by atoms with Crippen LogP contribution in [0.15, 0.2) is 4.99 Å². The molecule has 0 bridgehead atoms. The van der Waals surface area contributed by atoms with E-state index in [-0.39, 0.29) is 0 Å². The molecule has 9 heavy (non-hydrogen) atoms. The summed E-state index contributed by atoms with van der Waals surface area (Å²) in [7, 11) is 0. The van der Waals surface area contributed by atoms with Crippen LogP contribution in [0, 0.1) is 5.92 Å². The highest BCUT2D eigenvalue weighted by atomic mass is 14.7. The molecule has 2 unspecified atom stereocenters. The van der Waals surface area contributed by atoms with E-state index in [1.807, 2.05) is 0 Å². The molecule has 54 valence electrons. The topological polar surface area (TPSA) is 12.4 Å². The molecule has 0 aliphatic rings. The van der Waals surface area contributed by atoms with E-state index < -0.39 is 0 Å². The summed E-state index contributed by atoms with van der Waals surface area (Å²) in [6, 6.07) is 0.444. The highest BCUT2D eigenvalue weighted by Gasteiger charge is 2.02. The third kappa shape index (κ3) is 4.19. The molecule has 0 aliphatic carbocycles. The lowest BCUT2D eigenvalue weighted by molar-refractivity contribution is 0.472. The number of aliphatic imine (C=N–C) groups is 1. The Bertz CT molecular complexity index is 78.6. The van der Waals surface area contributed by atoms with Gasteiger partial charge in [-0.2, -0.15) is 0 Å². The Kier molecular flexibility index (Phi) is 4.37. The predicted molar refractivity (Wildman–Crippen MR) is 43.1 cm³/mol. The van der Waals surface area contributed by atoms with E-state index in [1.165, 1.54) is 12.8 Å². The van der Waals surface area contributed by atoms with Crippen molar-refractivity contribution in [1.29, 1.82) is 0 Å². The number of hydrogen-bond acceptors (Lipinski definition) is 1. The van der Waals surface area contributed by atoms with Crippen LogP contribution in [-0.2, 0) is 0 Å². The van der Waals surface area contributed by atoms with Gasteiger partial charge in [-0.1, -0.05) is 20.3 Å². The van der Waals surface area contributed by atoms with Crippen molar-refractivity contribution in [1.82, 2.24) is 0 Å². The van der Waals surface area contributed by atoms with Crippen molar-refractivity contribution in [2.24, 2.45) is 10.9 Å². The fourth-order valence-electron chi connectivity index (χ4n) is 0.824. The summed E-state index contributed by atoms with van der Waals surface area (Å²) < 4.78 is 0. The molecule has 0 heterocycles. The molecule has 0 amide bonds. The molecule has 0 aliphatic heterocycles. The zero-order valence-corrected chi connectivity index (χ0v) is 6.72. The van der Waals surface area contributed by atoms with Gasteiger partial charge < -0.3 is 0 Å². The zero-order chi connectivity index (χ0) is 7.28. The molecule has 0 rings (SSSR count). The summed E-state index contributed by atoms with van der Waals surface area (Å²) in [6.45, 7) is 10.1. The predicted octanol–water partition coefficient (Wildman–Crippen LogP) is 2.51. The minimum Gasteiger partial charge on any atom is -0.298 e. The van der Waals surface area contributed by atoms with Crippen LogP contribution in [0.3, 0.4) is 0 Å². The molecule has 0 aromatic rings. The Hall–Kier alpha value is -0.330. The van der Waals surface area contributed by atoms with Crippen molar-refractivity contribution in [3.05, 3.63) is 0 Å². The average Bonchev–Trinajstić information content (AvgIpc) is 1.87. The van der Waals surface area contributed by atoms with Crippen molar-refractivity contribution < 1.29 is 0 Å². The van der Waals surface area contributed by atoms with Crippen LogP contribution in [-0.4, -0.2) is 12.8 Å². The molecule has 0 saturated heterocycles. The largest absolute Gasteiger partial charge is 0.298 e. The molecule has 0 spiro atoms. The number of nitrogens with zero attached hydrogens (tertiary/aromatic N) is 1. The Morgan fingerprint density at radius 3 is 2.33 bits per heavy atom. The van der Waals surface area contributed by atoms with E-state index in [1.54, 1.807) is 0 Å². The van der Waals surface area contributed by atoms with Gasteiger partial charge in [0.25, 0.3) is 0 Å². The Morgan fingerprint density at radius 2 is 2.00 bits per heavy atom. The monoisotopic (exact) mass is 127 g/mol. The molecular formula is C8H17N. The quantitative estimate of drug-likeness (QED) is 0.514. The van der Waals surface area contributed by atoms with Gasteiger partial charge in [0, 0.05) is 6.04 Å². The third-order valence-electron chi connectivity index (χ3n) is 1.75. The summed E-state index contributed by atoms with van der Waals surface area (Å²) >= 11 is 0. The minimum atomic E-state index is 0.444. The van der Waals surface area contributed by atoms with Gasteiger partial charge in [-0.05, 0) is 26.0 Å². The molecular weight excluding hydrogens is 110 g/mol. The van der Waals surface area contributed by atoms with E-state index in [2.05, 4.69) is 32.5 Å². The Labute approximate surface area is 58.2 Å². The SMILES string of the molecule is C=NC(C)CC(C)CC. The van der Waals surface area contributed by atoms with Gasteiger partial charge in [0.05, 0.1) is 0 Å². The Balaban J connectivity index is 3.33. The summed E-state index contributed by atoms with van der Waals surface area (Å²) in [5.74, 6) is 0.797. The van der Waals surface area contributed by atoms with Crippen molar-refractivity contribution in [3.63, 3.8) is 0 Å². The van der Waals surface area contributed by atoms with Crippen LogP contribution in [0.4, 0.5) is 0 Å². The number of hydrogen-bond donors (Lipinski definition) is 0. The molecule has 1 nitrogen and oxygen atoms in total. The molecule has 0 radical (unpaired) electrons. The van der Waals surface area contributed by atoms with Gasteiger partial charge in [0.15, 0.2) is 0 Å². The second-order valence-corrected chi connectivity index (χ2v) is 2.78. The minimum absolute atomic E-state index is 0.444. The molecule has 0 saturated carbocycles. The van der Waals surface area contributed by atoms with Gasteiger partial charge in [0.1, 0.15) is 0 Å². The van der Waals surface area contributed by atoms with Crippen LogP contribution < -0.4 is 0 Å². The summed E-state index contributed by atoms with van der Waals surface area (Å²) in [4.78, 5) is 3.93. The van der Waals surface area contributed by atoms with Gasteiger partial charge in [0.2, 0.25) is 0 Å². The van der Waals surface area contributed by atoms with Gasteiger partial charge in [-0.15, -0.1) is 0 Å². The van der Waals surface area contributed by atoms with Crippen LogP contribution >= 0.6 is 0 Å². The highest BCUT2D eigenvalue weighted by molar-refractivity contribution is 5.23. The standard InChI is InChI=1S/C8H17N/c1-5-7(2)6-8(3)9-4/h7-8H,4-6H2,1-3H3. The van der Waals surface area contributed by atoms with Crippen molar-refractivity contribution >= 4 is 6.72 Å². The lowest BCUT2D eigenvalue weighted by Crippen LogP contribution is -2.03. The summed E-state index contributed by atoms with van der Waals surface area (Å²) in [6.07, 6.45) is 2.43. The lowest BCUT2D eigenvalue weighted by Gasteiger charge is -2.10. The molecule has 0 fully saturated rings. The van der Waals surface area contributed by atoms with Gasteiger partial charge in [-0.3, -0.25) is 4.99 Å². The molecule has 0 N–H and O–H groups in total. The maximum absolute atomic E-state index is 3.93. The van der Waals surface area contributed by atoms with Crippen molar-refractivity contribution in [2.75, 3.05) is 0 Å². The first-order valence-corrected chi connectivity index (χ1v) is 3.66. The van der Waals surface area contributed by atoms with E-state index in [0.29, 0.717) is 6.04 Å². The first-order valence-electron chi connectivity index (χ1n) is 3.66.